The summed E-state index contributed by atoms with van der Waals surface area (Å²) in [6.07, 6.45) is 1.35. The Balaban J connectivity index is 2.46. The molecule has 0 N–H and O–H groups in total. The van der Waals surface area contributed by atoms with Gasteiger partial charge in [-0.15, -0.1) is 0 Å². The predicted octanol–water partition coefficient (Wildman–Crippen LogP) is 2.04. The van der Waals surface area contributed by atoms with Crippen molar-refractivity contribution in [2.45, 2.75) is 46.2 Å². The minimum Gasteiger partial charge on any atom is -0.235 e. The van der Waals surface area contributed by atoms with E-state index in [0.717, 1.165) is 11.8 Å². The van der Waals surface area contributed by atoms with Crippen molar-refractivity contribution < 1.29 is 0 Å². The van der Waals surface area contributed by atoms with Crippen LogP contribution in [0.3, 0.4) is 0 Å². The van der Waals surface area contributed by atoms with Crippen LogP contribution in [0.4, 0.5) is 0 Å². The average Bonchev–Trinajstić information content (AvgIpc) is 1.84. The Morgan fingerprint density at radius 2 is 1.30 bits per heavy atom. The maximum atomic E-state index is 4.64. The van der Waals surface area contributed by atoms with Crippen LogP contribution in [0.5, 0.6) is 0 Å². The van der Waals surface area contributed by atoms with Gasteiger partial charge < -0.3 is 0 Å². The van der Waals surface area contributed by atoms with Crippen LogP contribution in [0.15, 0.2) is 0 Å². The molecule has 1 fully saturated rings. The Morgan fingerprint density at radius 3 is 1.60 bits per heavy atom. The molecule has 0 aliphatic carbocycles. The molecule has 1 radical (unpaired) electrons. The quantitative estimate of drug-likeness (QED) is 0.489. The first-order chi connectivity index (χ1) is 4.61. The van der Waals surface area contributed by atoms with Crippen LogP contribution in [0.2, 0.25) is 0 Å². The lowest BCUT2D eigenvalue weighted by atomic mass is 9.83. The molecule has 59 valence electrons. The summed E-state index contributed by atoms with van der Waals surface area (Å²) in [5.41, 5.74) is 0. The number of piperidine rings is 1. The zero-order valence-electron chi connectivity index (χ0n) is 7.46. The fraction of sp³-hybridized carbons (Fsp3) is 1.00. The highest BCUT2D eigenvalue weighted by Gasteiger charge is 2.27. The molecule has 4 unspecified atom stereocenters. The molecule has 0 aromatic heterocycles. The topological polar surface area (TPSA) is 14.1 Å². The molecule has 1 aliphatic rings. The molecule has 1 saturated heterocycles. The molecule has 0 spiro atoms. The third-order valence-electron chi connectivity index (χ3n) is 2.86. The molecule has 1 rings (SSSR count). The summed E-state index contributed by atoms with van der Waals surface area (Å²) in [7, 11) is 0. The second kappa shape index (κ2) is 2.91. The molecular formula is C9H18N. The Hall–Kier alpha value is -0.0400. The Bertz CT molecular complexity index is 85.3. The van der Waals surface area contributed by atoms with Crippen LogP contribution in [0.1, 0.15) is 34.1 Å². The molecule has 10 heavy (non-hydrogen) atoms. The number of hydrogen-bond acceptors (Lipinski definition) is 0. The van der Waals surface area contributed by atoms with Gasteiger partial charge in [-0.3, -0.25) is 0 Å². The highest BCUT2D eigenvalue weighted by atomic mass is 15.0. The molecule has 1 heterocycles. The van der Waals surface area contributed by atoms with E-state index in [-0.39, 0.29) is 0 Å². The van der Waals surface area contributed by atoms with Crippen molar-refractivity contribution in [2.24, 2.45) is 11.8 Å². The molecule has 4 atom stereocenters. The highest BCUT2D eigenvalue weighted by molar-refractivity contribution is 4.83. The van der Waals surface area contributed by atoms with E-state index in [4.69, 9.17) is 0 Å². The lowest BCUT2D eigenvalue weighted by Crippen LogP contribution is -2.42. The first-order valence-electron chi connectivity index (χ1n) is 4.31. The van der Waals surface area contributed by atoms with Crippen molar-refractivity contribution in [3.8, 4) is 0 Å². The lowest BCUT2D eigenvalue weighted by molar-refractivity contribution is 0.198. The molecule has 0 bridgehead atoms. The van der Waals surface area contributed by atoms with Gasteiger partial charge in [-0.2, -0.15) is 0 Å². The van der Waals surface area contributed by atoms with E-state index in [1.807, 2.05) is 0 Å². The molecule has 0 aromatic carbocycles. The first kappa shape index (κ1) is 8.06. The zero-order chi connectivity index (χ0) is 7.72. The van der Waals surface area contributed by atoms with Crippen LogP contribution in [-0.2, 0) is 0 Å². The van der Waals surface area contributed by atoms with E-state index < -0.39 is 0 Å². The van der Waals surface area contributed by atoms with Crippen LogP contribution in [0, 0.1) is 11.8 Å². The fourth-order valence-corrected chi connectivity index (χ4v) is 1.65. The van der Waals surface area contributed by atoms with Gasteiger partial charge in [0, 0.05) is 12.1 Å². The van der Waals surface area contributed by atoms with Gasteiger partial charge in [0.15, 0.2) is 0 Å². The Kier molecular flexibility index (Phi) is 2.35. The van der Waals surface area contributed by atoms with Crippen molar-refractivity contribution in [1.82, 2.24) is 5.32 Å². The van der Waals surface area contributed by atoms with Crippen molar-refractivity contribution in [2.75, 3.05) is 0 Å². The van der Waals surface area contributed by atoms with Crippen molar-refractivity contribution in [1.29, 1.82) is 0 Å². The summed E-state index contributed by atoms with van der Waals surface area (Å²) in [6, 6.07) is 1.18. The van der Waals surface area contributed by atoms with Gasteiger partial charge in [-0.05, 0) is 32.1 Å². The number of nitrogens with zero attached hydrogens (tertiary/aromatic N) is 1. The lowest BCUT2D eigenvalue weighted by Gasteiger charge is -2.34. The third-order valence-corrected chi connectivity index (χ3v) is 2.86. The van der Waals surface area contributed by atoms with Gasteiger partial charge in [0.05, 0.1) is 0 Å². The maximum absolute atomic E-state index is 4.64. The summed E-state index contributed by atoms with van der Waals surface area (Å²) in [5.74, 6) is 1.59. The monoisotopic (exact) mass is 140 g/mol. The maximum Gasteiger partial charge on any atom is 0.0246 e. The molecule has 0 aromatic rings. The van der Waals surface area contributed by atoms with Gasteiger partial charge in [-0.25, -0.2) is 5.32 Å². The summed E-state index contributed by atoms with van der Waals surface area (Å²) in [5, 5.41) is 4.64. The largest absolute Gasteiger partial charge is 0.235 e. The van der Waals surface area contributed by atoms with E-state index in [1.54, 1.807) is 0 Å². The molecule has 1 heteroatoms. The van der Waals surface area contributed by atoms with Crippen LogP contribution in [0.25, 0.3) is 0 Å². The zero-order valence-corrected chi connectivity index (χ0v) is 7.46. The molecule has 1 aliphatic heterocycles. The minimum atomic E-state index is 0.589. The highest BCUT2D eigenvalue weighted by Crippen LogP contribution is 2.25. The fourth-order valence-electron chi connectivity index (χ4n) is 1.65. The van der Waals surface area contributed by atoms with E-state index in [1.165, 1.54) is 6.42 Å². The second-order valence-corrected chi connectivity index (χ2v) is 3.82. The molecular weight excluding hydrogens is 122 g/mol. The number of hydrogen-bond donors (Lipinski definition) is 0. The summed E-state index contributed by atoms with van der Waals surface area (Å²) in [4.78, 5) is 0. The summed E-state index contributed by atoms with van der Waals surface area (Å²) < 4.78 is 0. The third kappa shape index (κ3) is 1.51. The molecule has 0 amide bonds. The van der Waals surface area contributed by atoms with E-state index in [0.29, 0.717) is 12.1 Å². The van der Waals surface area contributed by atoms with E-state index >= 15 is 0 Å². The van der Waals surface area contributed by atoms with E-state index in [9.17, 15) is 0 Å². The van der Waals surface area contributed by atoms with Gasteiger partial charge in [0.1, 0.15) is 0 Å². The normalized spacial score (nSPS) is 49.2. The van der Waals surface area contributed by atoms with Crippen molar-refractivity contribution >= 4 is 0 Å². The van der Waals surface area contributed by atoms with Gasteiger partial charge in [-0.1, -0.05) is 13.8 Å². The molecule has 1 nitrogen and oxygen atoms in total. The van der Waals surface area contributed by atoms with Gasteiger partial charge in [0.2, 0.25) is 0 Å². The summed E-state index contributed by atoms with van der Waals surface area (Å²) in [6.45, 7) is 9.06. The van der Waals surface area contributed by atoms with Crippen LogP contribution >= 0.6 is 0 Å². The Morgan fingerprint density at radius 1 is 0.900 bits per heavy atom. The van der Waals surface area contributed by atoms with Gasteiger partial charge >= 0.3 is 0 Å². The Labute approximate surface area is 64.2 Å². The average molecular weight is 140 g/mol. The minimum absolute atomic E-state index is 0.589. The number of rotatable bonds is 0. The smallest absolute Gasteiger partial charge is 0.0246 e. The van der Waals surface area contributed by atoms with E-state index in [2.05, 4.69) is 33.0 Å². The first-order valence-corrected chi connectivity index (χ1v) is 4.31. The predicted molar refractivity (Wildman–Crippen MR) is 44.0 cm³/mol. The van der Waals surface area contributed by atoms with Crippen molar-refractivity contribution in [3.05, 3.63) is 0 Å². The van der Waals surface area contributed by atoms with Crippen LogP contribution in [-0.4, -0.2) is 12.1 Å². The van der Waals surface area contributed by atoms with Crippen molar-refractivity contribution in [3.63, 3.8) is 0 Å². The SMILES string of the molecule is CC1CC(C)C(C)[N]C1C. The van der Waals surface area contributed by atoms with Crippen LogP contribution < -0.4 is 5.32 Å². The van der Waals surface area contributed by atoms with Gasteiger partial charge in [0.25, 0.3) is 0 Å². The standard InChI is InChI=1S/C9H18N/c1-6-5-7(2)9(4)10-8(6)3/h6-9H,5H2,1-4H3. The summed E-state index contributed by atoms with van der Waals surface area (Å²) >= 11 is 0. The second-order valence-electron chi connectivity index (χ2n) is 3.82. The molecule has 0 saturated carbocycles.